The second-order valence-corrected chi connectivity index (χ2v) is 5.32. The Morgan fingerprint density at radius 3 is 2.67 bits per heavy atom. The molecule has 1 aliphatic rings. The fraction of sp³-hybridized carbons (Fsp3) is 0.222. The summed E-state index contributed by atoms with van der Waals surface area (Å²) >= 11 is 0. The molecule has 1 atom stereocenters. The highest BCUT2D eigenvalue weighted by atomic mass is 16.1. The van der Waals surface area contributed by atoms with E-state index in [1.165, 1.54) is 5.56 Å². The molecule has 0 aromatic heterocycles. The molecular weight excluding hydrogens is 260 g/mol. The summed E-state index contributed by atoms with van der Waals surface area (Å²) in [6.45, 7) is 0. The molecule has 0 aliphatic heterocycles. The average Bonchev–Trinajstić information content (AvgIpc) is 2.55. The van der Waals surface area contributed by atoms with E-state index in [1.807, 2.05) is 12.1 Å². The van der Waals surface area contributed by atoms with Crippen molar-refractivity contribution in [1.82, 2.24) is 0 Å². The zero-order valence-corrected chi connectivity index (χ0v) is 11.7. The number of fused-ring (bicyclic) bond motifs is 1. The van der Waals surface area contributed by atoms with Crippen molar-refractivity contribution in [2.75, 3.05) is 5.32 Å². The van der Waals surface area contributed by atoms with Gasteiger partial charge in [0, 0.05) is 5.69 Å². The summed E-state index contributed by atoms with van der Waals surface area (Å²) < 4.78 is 0. The molecule has 0 heterocycles. The van der Waals surface area contributed by atoms with Crippen molar-refractivity contribution < 1.29 is 4.79 Å². The van der Waals surface area contributed by atoms with Crippen molar-refractivity contribution in [3.05, 3.63) is 65.2 Å². The minimum Gasteiger partial charge on any atom is -0.326 e. The maximum atomic E-state index is 12.5. The Balaban J connectivity index is 1.78. The fourth-order valence-corrected chi connectivity index (χ4v) is 2.88. The Bertz CT molecular complexity index is 698. The number of amides is 1. The van der Waals surface area contributed by atoms with Crippen molar-refractivity contribution in [2.45, 2.75) is 25.2 Å². The number of hydrogen-bond donors (Lipinski definition) is 1. The third-order valence-corrected chi connectivity index (χ3v) is 3.97. The lowest BCUT2D eigenvalue weighted by molar-refractivity contribution is -0.117. The number of carbonyl (C=O) groups excluding carboxylic acids is 1. The number of nitrogens with zero attached hydrogens (tertiary/aromatic N) is 1. The molecule has 0 saturated carbocycles. The van der Waals surface area contributed by atoms with Gasteiger partial charge in [0.15, 0.2) is 0 Å². The molecule has 0 radical (unpaired) electrons. The van der Waals surface area contributed by atoms with Gasteiger partial charge in [-0.2, -0.15) is 5.26 Å². The van der Waals surface area contributed by atoms with Gasteiger partial charge < -0.3 is 5.32 Å². The number of rotatable bonds is 2. The molecule has 3 nitrogen and oxygen atoms in total. The molecule has 1 unspecified atom stereocenters. The second kappa shape index (κ2) is 5.80. The molecule has 0 fully saturated rings. The van der Waals surface area contributed by atoms with Crippen LogP contribution in [0.25, 0.3) is 0 Å². The summed E-state index contributed by atoms with van der Waals surface area (Å²) in [5.41, 5.74) is 3.76. The minimum atomic E-state index is -0.0782. The SMILES string of the molecule is N#Cc1ccc(NC(=O)C2CCCc3ccccc32)cc1. The predicted octanol–water partition coefficient (Wildman–Crippen LogP) is 3.62. The van der Waals surface area contributed by atoms with Crippen molar-refractivity contribution >= 4 is 11.6 Å². The Labute approximate surface area is 124 Å². The molecule has 1 amide bonds. The Morgan fingerprint density at radius 2 is 1.90 bits per heavy atom. The lowest BCUT2D eigenvalue weighted by atomic mass is 9.82. The van der Waals surface area contributed by atoms with Crippen LogP contribution in [-0.2, 0) is 11.2 Å². The van der Waals surface area contributed by atoms with Crippen molar-refractivity contribution in [3.8, 4) is 6.07 Å². The van der Waals surface area contributed by atoms with Crippen LogP contribution < -0.4 is 5.32 Å². The highest BCUT2D eigenvalue weighted by Gasteiger charge is 2.26. The van der Waals surface area contributed by atoms with E-state index < -0.39 is 0 Å². The highest BCUT2D eigenvalue weighted by molar-refractivity contribution is 5.96. The van der Waals surface area contributed by atoms with Gasteiger partial charge >= 0.3 is 0 Å². The molecule has 0 saturated heterocycles. The topological polar surface area (TPSA) is 52.9 Å². The van der Waals surface area contributed by atoms with Gasteiger partial charge in [-0.25, -0.2) is 0 Å². The van der Waals surface area contributed by atoms with Crippen LogP contribution in [0.15, 0.2) is 48.5 Å². The van der Waals surface area contributed by atoms with E-state index in [4.69, 9.17) is 5.26 Å². The Kier molecular flexibility index (Phi) is 3.70. The van der Waals surface area contributed by atoms with Crippen LogP contribution in [-0.4, -0.2) is 5.91 Å². The van der Waals surface area contributed by atoms with Crippen molar-refractivity contribution in [2.24, 2.45) is 0 Å². The van der Waals surface area contributed by atoms with Crippen LogP contribution in [0.4, 0.5) is 5.69 Å². The van der Waals surface area contributed by atoms with Crippen LogP contribution in [0.2, 0.25) is 0 Å². The maximum Gasteiger partial charge on any atom is 0.231 e. The fourth-order valence-electron chi connectivity index (χ4n) is 2.88. The lowest BCUT2D eigenvalue weighted by Gasteiger charge is -2.24. The molecule has 3 rings (SSSR count). The number of benzene rings is 2. The van der Waals surface area contributed by atoms with E-state index in [0.29, 0.717) is 5.56 Å². The monoisotopic (exact) mass is 276 g/mol. The zero-order valence-electron chi connectivity index (χ0n) is 11.7. The van der Waals surface area contributed by atoms with Gasteiger partial charge in [0.05, 0.1) is 17.6 Å². The first kappa shape index (κ1) is 13.4. The van der Waals surface area contributed by atoms with Crippen molar-refractivity contribution in [1.29, 1.82) is 5.26 Å². The van der Waals surface area contributed by atoms with Gasteiger partial charge in [-0.05, 0) is 54.7 Å². The third kappa shape index (κ3) is 2.80. The minimum absolute atomic E-state index is 0.0341. The van der Waals surface area contributed by atoms with Gasteiger partial charge in [-0.3, -0.25) is 4.79 Å². The van der Waals surface area contributed by atoms with Gasteiger partial charge in [0.1, 0.15) is 0 Å². The van der Waals surface area contributed by atoms with Crippen molar-refractivity contribution in [3.63, 3.8) is 0 Å². The molecule has 0 spiro atoms. The molecule has 1 aliphatic carbocycles. The number of anilines is 1. The Hall–Kier alpha value is -2.60. The molecular formula is C18H16N2O. The molecule has 0 bridgehead atoms. The molecule has 2 aromatic rings. The normalized spacial score (nSPS) is 16.6. The molecule has 104 valence electrons. The standard InChI is InChI=1S/C18H16N2O/c19-12-13-8-10-15(11-9-13)20-18(21)17-7-3-5-14-4-1-2-6-16(14)17/h1-2,4,6,8-11,17H,3,5,7H2,(H,20,21). The first-order chi connectivity index (χ1) is 10.3. The predicted molar refractivity (Wildman–Crippen MR) is 81.9 cm³/mol. The summed E-state index contributed by atoms with van der Waals surface area (Å²) in [6.07, 6.45) is 2.98. The second-order valence-electron chi connectivity index (χ2n) is 5.32. The first-order valence-electron chi connectivity index (χ1n) is 7.17. The number of aryl methyl sites for hydroxylation is 1. The van der Waals surface area contributed by atoms with E-state index >= 15 is 0 Å². The largest absolute Gasteiger partial charge is 0.326 e. The van der Waals surface area contributed by atoms with E-state index in [0.717, 1.165) is 30.5 Å². The molecule has 3 heteroatoms. The van der Waals surface area contributed by atoms with Crippen LogP contribution in [0.5, 0.6) is 0 Å². The molecule has 21 heavy (non-hydrogen) atoms. The lowest BCUT2D eigenvalue weighted by Crippen LogP contribution is -2.24. The molecule has 2 aromatic carbocycles. The molecule has 1 N–H and O–H groups in total. The number of nitriles is 1. The van der Waals surface area contributed by atoms with E-state index in [1.54, 1.807) is 24.3 Å². The summed E-state index contributed by atoms with van der Waals surface area (Å²) in [5, 5.41) is 11.7. The van der Waals surface area contributed by atoms with Crippen LogP contribution in [0, 0.1) is 11.3 Å². The summed E-state index contributed by atoms with van der Waals surface area (Å²) in [6, 6.07) is 17.2. The zero-order chi connectivity index (χ0) is 14.7. The first-order valence-corrected chi connectivity index (χ1v) is 7.17. The average molecular weight is 276 g/mol. The Morgan fingerprint density at radius 1 is 1.14 bits per heavy atom. The quantitative estimate of drug-likeness (QED) is 0.910. The van der Waals surface area contributed by atoms with Crippen LogP contribution in [0.1, 0.15) is 35.4 Å². The van der Waals surface area contributed by atoms with E-state index in [2.05, 4.69) is 23.5 Å². The van der Waals surface area contributed by atoms with Gasteiger partial charge in [-0.15, -0.1) is 0 Å². The van der Waals surface area contributed by atoms with Crippen LogP contribution >= 0.6 is 0 Å². The summed E-state index contributed by atoms with van der Waals surface area (Å²) in [5.74, 6) is -0.0440. The van der Waals surface area contributed by atoms with Crippen LogP contribution in [0.3, 0.4) is 0 Å². The number of nitrogens with one attached hydrogen (secondary N) is 1. The third-order valence-electron chi connectivity index (χ3n) is 3.97. The number of hydrogen-bond acceptors (Lipinski definition) is 2. The van der Waals surface area contributed by atoms with E-state index in [-0.39, 0.29) is 11.8 Å². The van der Waals surface area contributed by atoms with Gasteiger partial charge in [0.25, 0.3) is 0 Å². The summed E-state index contributed by atoms with van der Waals surface area (Å²) in [4.78, 5) is 12.5. The highest BCUT2D eigenvalue weighted by Crippen LogP contribution is 2.32. The number of carbonyl (C=O) groups is 1. The van der Waals surface area contributed by atoms with Gasteiger partial charge in [-0.1, -0.05) is 24.3 Å². The van der Waals surface area contributed by atoms with E-state index in [9.17, 15) is 4.79 Å². The maximum absolute atomic E-state index is 12.5. The van der Waals surface area contributed by atoms with Gasteiger partial charge in [0.2, 0.25) is 5.91 Å². The smallest absolute Gasteiger partial charge is 0.231 e. The summed E-state index contributed by atoms with van der Waals surface area (Å²) in [7, 11) is 0.